The lowest BCUT2D eigenvalue weighted by molar-refractivity contribution is 0.138. The van der Waals surface area contributed by atoms with Gasteiger partial charge < -0.3 is 0 Å². The maximum Gasteiger partial charge on any atom is 0.239 e. The Labute approximate surface area is 190 Å². The van der Waals surface area contributed by atoms with Crippen molar-refractivity contribution in [2.24, 2.45) is 5.92 Å². The largest absolute Gasteiger partial charge is 0.261 e. The fraction of sp³-hybridized carbons (Fsp3) is 0.630. The molecule has 2 aromatic rings. The number of hydrogen-bond donors (Lipinski definition) is 0. The number of aryl methyl sites for hydroxylation is 1. The number of rotatable bonds is 7. The lowest BCUT2D eigenvalue weighted by atomic mass is 9.96. The predicted molar refractivity (Wildman–Crippen MR) is 132 cm³/mol. The molecule has 0 aliphatic carbocycles. The maximum absolute atomic E-state index is 12.0. The van der Waals surface area contributed by atoms with Gasteiger partial charge in [-0.15, -0.1) is 0 Å². The average Bonchev–Trinajstić information content (AvgIpc) is 2.75. The molecule has 2 nitrogen and oxygen atoms in total. The number of alkyl halides is 2. The molecule has 2 aromatic heterocycles. The maximum atomic E-state index is 12.0. The molecule has 178 valence electrons. The molecule has 0 aliphatic heterocycles. The van der Waals surface area contributed by atoms with Gasteiger partial charge in [0.1, 0.15) is 0 Å². The Morgan fingerprint density at radius 2 is 1.13 bits per heavy atom. The molecule has 0 saturated carbocycles. The molecule has 0 unspecified atom stereocenters. The lowest BCUT2D eigenvalue weighted by Gasteiger charge is -2.12. The summed E-state index contributed by atoms with van der Waals surface area (Å²) < 4.78 is 24.1. The molecule has 0 N–H and O–H groups in total. The number of aromatic nitrogens is 2. The highest BCUT2D eigenvalue weighted by Crippen LogP contribution is 2.20. The van der Waals surface area contributed by atoms with Crippen LogP contribution in [0.2, 0.25) is 0 Å². The summed E-state index contributed by atoms with van der Waals surface area (Å²) >= 11 is 0. The van der Waals surface area contributed by atoms with Gasteiger partial charge in [-0.1, -0.05) is 81.4 Å². The van der Waals surface area contributed by atoms with Gasteiger partial charge in [0.25, 0.3) is 0 Å². The highest BCUT2D eigenvalue weighted by molar-refractivity contribution is 5.23. The number of hydrogen-bond acceptors (Lipinski definition) is 2. The van der Waals surface area contributed by atoms with Crippen molar-refractivity contribution in [1.29, 1.82) is 0 Å². The minimum absolute atomic E-state index is 0.0780. The van der Waals surface area contributed by atoms with E-state index < -0.39 is 6.43 Å². The molecule has 0 fully saturated rings. The summed E-state index contributed by atoms with van der Waals surface area (Å²) in [4.78, 5) is 8.64. The topological polar surface area (TPSA) is 25.8 Å². The summed E-state index contributed by atoms with van der Waals surface area (Å²) in [6, 6.07) is 7.91. The third-order valence-corrected chi connectivity index (χ3v) is 4.21. The number of nitrogens with zero attached hydrogens (tertiary/aromatic N) is 2. The average molecular weight is 437 g/mol. The van der Waals surface area contributed by atoms with Crippen LogP contribution >= 0.6 is 0 Å². The van der Waals surface area contributed by atoms with Gasteiger partial charge in [0.05, 0.1) is 0 Å². The van der Waals surface area contributed by atoms with Crippen LogP contribution in [-0.4, -0.2) is 16.4 Å². The first-order valence-corrected chi connectivity index (χ1v) is 11.9. The van der Waals surface area contributed by atoms with Gasteiger partial charge in [0, 0.05) is 30.2 Å². The first kappa shape index (κ1) is 31.3. The molecule has 0 saturated heterocycles. The third kappa shape index (κ3) is 14.0. The highest BCUT2D eigenvalue weighted by atomic mass is 19.3. The second-order valence-electron chi connectivity index (χ2n) is 7.93. The molecular weight excluding hydrogens is 390 g/mol. The van der Waals surface area contributed by atoms with Crippen molar-refractivity contribution in [3.8, 4) is 0 Å². The number of halogens is 2. The minimum Gasteiger partial charge on any atom is -0.261 e. The second kappa shape index (κ2) is 18.9. The minimum atomic E-state index is -2.23. The van der Waals surface area contributed by atoms with E-state index in [-0.39, 0.29) is 6.42 Å². The van der Waals surface area contributed by atoms with E-state index in [9.17, 15) is 8.78 Å². The zero-order chi connectivity index (χ0) is 24.4. The Balaban J connectivity index is 0. The lowest BCUT2D eigenvalue weighted by Crippen LogP contribution is -2.02. The van der Waals surface area contributed by atoms with E-state index in [1.54, 1.807) is 12.3 Å². The van der Waals surface area contributed by atoms with Crippen molar-refractivity contribution in [2.45, 2.75) is 107 Å². The molecule has 2 heterocycles. The zero-order valence-corrected chi connectivity index (χ0v) is 21.5. The number of pyridine rings is 2. The fourth-order valence-electron chi connectivity index (χ4n) is 3.03. The van der Waals surface area contributed by atoms with Crippen LogP contribution in [0.4, 0.5) is 8.78 Å². The van der Waals surface area contributed by atoms with E-state index in [0.29, 0.717) is 24.2 Å². The Hall–Kier alpha value is -1.84. The van der Waals surface area contributed by atoms with Gasteiger partial charge in [0.15, 0.2) is 0 Å². The van der Waals surface area contributed by atoms with Crippen LogP contribution in [0, 0.1) is 5.92 Å². The van der Waals surface area contributed by atoms with Crippen molar-refractivity contribution < 1.29 is 8.78 Å². The fourth-order valence-corrected chi connectivity index (χ4v) is 3.03. The van der Waals surface area contributed by atoms with Crippen molar-refractivity contribution in [1.82, 2.24) is 9.97 Å². The molecule has 0 amide bonds. The van der Waals surface area contributed by atoms with Crippen molar-refractivity contribution >= 4 is 0 Å². The van der Waals surface area contributed by atoms with E-state index in [4.69, 9.17) is 0 Å². The van der Waals surface area contributed by atoms with Crippen LogP contribution in [0.3, 0.4) is 0 Å². The molecule has 0 spiro atoms. The summed E-state index contributed by atoms with van der Waals surface area (Å²) in [7, 11) is 0. The second-order valence-corrected chi connectivity index (χ2v) is 7.93. The van der Waals surface area contributed by atoms with E-state index >= 15 is 0 Å². The summed E-state index contributed by atoms with van der Waals surface area (Å²) in [6.45, 7) is 20.9. The van der Waals surface area contributed by atoms with E-state index in [1.807, 2.05) is 59.9 Å². The SMILES string of the molecule is CC.CC.CC(C)Cc1cccnc1C(C)C.CC(C)c1ncccc1CCC(F)F. The van der Waals surface area contributed by atoms with Crippen LogP contribution in [-0.2, 0) is 12.8 Å². The van der Waals surface area contributed by atoms with E-state index in [0.717, 1.165) is 17.7 Å². The molecule has 4 heteroatoms. The quantitative estimate of drug-likeness (QED) is 0.433. The monoisotopic (exact) mass is 436 g/mol. The summed E-state index contributed by atoms with van der Waals surface area (Å²) in [5, 5.41) is 0. The first-order valence-electron chi connectivity index (χ1n) is 11.9. The smallest absolute Gasteiger partial charge is 0.239 e. The first-order chi connectivity index (χ1) is 14.7. The zero-order valence-electron chi connectivity index (χ0n) is 21.5. The molecular formula is C27H46F2N2. The Morgan fingerprint density at radius 3 is 1.52 bits per heavy atom. The molecule has 31 heavy (non-hydrogen) atoms. The van der Waals surface area contributed by atoms with Crippen LogP contribution in [0.15, 0.2) is 36.7 Å². The summed E-state index contributed by atoms with van der Waals surface area (Å²) in [6.07, 6.45) is 2.85. The summed E-state index contributed by atoms with van der Waals surface area (Å²) in [5.41, 5.74) is 4.56. The molecule has 2 rings (SSSR count). The van der Waals surface area contributed by atoms with Crippen LogP contribution < -0.4 is 0 Å². The van der Waals surface area contributed by atoms with Crippen LogP contribution in [0.5, 0.6) is 0 Å². The molecule has 0 aromatic carbocycles. The predicted octanol–water partition coefficient (Wildman–Crippen LogP) is 8.86. The Bertz CT molecular complexity index is 668. The normalized spacial score (nSPS) is 10.2. The standard InChI is InChI=1S/C12H19N.C11H15F2N.2C2H6/c1-9(2)8-11-6-5-7-13-12(11)10(3)4;1-8(2)11-9(4-3-7-14-11)5-6-10(12)13;2*1-2/h5-7,9-10H,8H2,1-4H3;3-4,7-8,10H,5-6H2,1-2H3;2*1-2H3. The molecule has 0 radical (unpaired) electrons. The highest BCUT2D eigenvalue weighted by Gasteiger charge is 2.10. The molecule has 0 bridgehead atoms. The van der Waals surface area contributed by atoms with Gasteiger partial charge in [0.2, 0.25) is 6.43 Å². The Morgan fingerprint density at radius 1 is 0.710 bits per heavy atom. The third-order valence-electron chi connectivity index (χ3n) is 4.21. The van der Waals surface area contributed by atoms with Crippen molar-refractivity contribution in [3.63, 3.8) is 0 Å². The van der Waals surface area contributed by atoms with E-state index in [1.165, 1.54) is 11.3 Å². The van der Waals surface area contributed by atoms with Crippen LogP contribution in [0.1, 0.15) is 110 Å². The molecule has 0 aliphatic rings. The van der Waals surface area contributed by atoms with Crippen LogP contribution in [0.25, 0.3) is 0 Å². The van der Waals surface area contributed by atoms with Crippen molar-refractivity contribution in [3.05, 3.63) is 59.2 Å². The van der Waals surface area contributed by atoms with Gasteiger partial charge in [-0.2, -0.15) is 0 Å². The van der Waals surface area contributed by atoms with Crippen molar-refractivity contribution in [2.75, 3.05) is 0 Å². The van der Waals surface area contributed by atoms with E-state index in [2.05, 4.69) is 43.7 Å². The van der Waals surface area contributed by atoms with Gasteiger partial charge in [-0.25, -0.2) is 8.78 Å². The van der Waals surface area contributed by atoms with Gasteiger partial charge in [-0.05, 0) is 53.9 Å². The van der Waals surface area contributed by atoms with Gasteiger partial charge in [-0.3, -0.25) is 9.97 Å². The Kier molecular flexibility index (Phi) is 19.1. The van der Waals surface area contributed by atoms with Gasteiger partial charge >= 0.3 is 0 Å². The summed E-state index contributed by atoms with van der Waals surface area (Å²) in [5.74, 6) is 1.54. The molecule has 0 atom stereocenters.